The van der Waals surface area contributed by atoms with E-state index in [0.717, 1.165) is 13.7 Å². The summed E-state index contributed by atoms with van der Waals surface area (Å²) < 4.78 is 1.92. The molecule has 0 amide bonds. The third kappa shape index (κ3) is 1.79. The first-order valence-corrected chi connectivity index (χ1v) is 6.15. The largest absolute Gasteiger partial charge is 0.489 e. The van der Waals surface area contributed by atoms with E-state index in [1.165, 1.54) is 11.3 Å². The van der Waals surface area contributed by atoms with E-state index in [1.807, 2.05) is 12.1 Å². The lowest BCUT2D eigenvalue weighted by Gasteiger charge is -2.00. The van der Waals surface area contributed by atoms with Gasteiger partial charge in [0.05, 0.1) is 0 Å². The second-order valence-corrected chi connectivity index (χ2v) is 5.34. The van der Waals surface area contributed by atoms with Crippen molar-refractivity contribution in [3.05, 3.63) is 26.1 Å². The third-order valence-electron chi connectivity index (χ3n) is 1.90. The Morgan fingerprint density at radius 3 is 2.71 bits per heavy atom. The molecule has 2 N–H and O–H groups in total. The molecule has 2 rings (SSSR count). The SMILES string of the molecule is OB(O)c1csc2cc(Cl)cc(I)c12. The van der Waals surface area contributed by atoms with Crippen LogP contribution in [0.1, 0.15) is 0 Å². The van der Waals surface area contributed by atoms with Crippen LogP contribution in [0, 0.1) is 3.57 Å². The summed E-state index contributed by atoms with van der Waals surface area (Å²) in [4.78, 5) is 0. The molecule has 1 aromatic carbocycles. The summed E-state index contributed by atoms with van der Waals surface area (Å²) in [5.74, 6) is 0. The van der Waals surface area contributed by atoms with Crippen LogP contribution in [0.5, 0.6) is 0 Å². The predicted molar refractivity (Wildman–Crippen MR) is 69.4 cm³/mol. The highest BCUT2D eigenvalue weighted by Crippen LogP contribution is 2.28. The molecule has 0 saturated carbocycles. The first kappa shape index (κ1) is 10.7. The van der Waals surface area contributed by atoms with E-state index in [2.05, 4.69) is 22.6 Å². The highest BCUT2D eigenvalue weighted by atomic mass is 127. The van der Waals surface area contributed by atoms with Gasteiger partial charge in [-0.25, -0.2) is 0 Å². The number of thiophene rings is 1. The van der Waals surface area contributed by atoms with Crippen LogP contribution in [0.3, 0.4) is 0 Å². The van der Waals surface area contributed by atoms with Gasteiger partial charge in [-0.2, -0.15) is 0 Å². The molecule has 0 saturated heterocycles. The molecule has 0 spiro atoms. The standard InChI is InChI=1S/C8H5BClIO2S/c10-4-1-6(11)8-5(9(12)13)3-14-7(8)2-4/h1-3,12-13H. The zero-order valence-electron chi connectivity index (χ0n) is 6.87. The Morgan fingerprint density at radius 2 is 2.07 bits per heavy atom. The van der Waals surface area contributed by atoms with Gasteiger partial charge in [-0.1, -0.05) is 11.6 Å². The monoisotopic (exact) mass is 338 g/mol. The molecule has 0 unspecified atom stereocenters. The number of halogens is 2. The van der Waals surface area contributed by atoms with Crippen molar-refractivity contribution in [2.75, 3.05) is 0 Å². The highest BCUT2D eigenvalue weighted by molar-refractivity contribution is 14.1. The molecule has 72 valence electrons. The molecule has 0 bridgehead atoms. The average Bonchev–Trinajstić information content (AvgIpc) is 2.47. The van der Waals surface area contributed by atoms with E-state index < -0.39 is 7.12 Å². The first-order chi connectivity index (χ1) is 6.59. The van der Waals surface area contributed by atoms with Crippen molar-refractivity contribution in [2.45, 2.75) is 0 Å². The zero-order valence-corrected chi connectivity index (χ0v) is 10.6. The average molecular weight is 338 g/mol. The minimum absolute atomic E-state index is 0.547. The molecule has 2 nitrogen and oxygen atoms in total. The van der Waals surface area contributed by atoms with E-state index in [4.69, 9.17) is 21.6 Å². The van der Waals surface area contributed by atoms with Crippen molar-refractivity contribution in [1.29, 1.82) is 0 Å². The van der Waals surface area contributed by atoms with Crippen molar-refractivity contribution >= 4 is 68.2 Å². The van der Waals surface area contributed by atoms with E-state index in [0.29, 0.717) is 10.5 Å². The van der Waals surface area contributed by atoms with Crippen LogP contribution in [0.4, 0.5) is 0 Å². The Hall–Kier alpha value is 0.185. The van der Waals surface area contributed by atoms with Crippen molar-refractivity contribution in [3.63, 3.8) is 0 Å². The molecule has 0 aliphatic carbocycles. The third-order valence-corrected chi connectivity index (χ3v) is 3.92. The summed E-state index contributed by atoms with van der Waals surface area (Å²) in [6.45, 7) is 0. The van der Waals surface area contributed by atoms with E-state index in [1.54, 1.807) is 5.38 Å². The summed E-state index contributed by atoms with van der Waals surface area (Å²) in [7, 11) is -1.42. The maximum atomic E-state index is 9.13. The summed E-state index contributed by atoms with van der Waals surface area (Å²) in [5.41, 5.74) is 0.547. The van der Waals surface area contributed by atoms with Crippen LogP contribution in [0.25, 0.3) is 10.1 Å². The summed E-state index contributed by atoms with van der Waals surface area (Å²) in [6, 6.07) is 3.64. The second kappa shape index (κ2) is 3.98. The van der Waals surface area contributed by atoms with Crippen LogP contribution in [0.2, 0.25) is 5.02 Å². The van der Waals surface area contributed by atoms with Gasteiger partial charge in [0, 0.05) is 24.1 Å². The van der Waals surface area contributed by atoms with Crippen molar-refractivity contribution < 1.29 is 10.0 Å². The molecular formula is C8H5BClIO2S. The molecule has 6 heteroatoms. The maximum absolute atomic E-state index is 9.13. The van der Waals surface area contributed by atoms with Gasteiger partial charge in [-0.05, 0) is 40.1 Å². The minimum Gasteiger partial charge on any atom is -0.423 e. The summed E-state index contributed by atoms with van der Waals surface area (Å²) in [5, 5.41) is 21.6. The van der Waals surface area contributed by atoms with Crippen molar-refractivity contribution in [3.8, 4) is 0 Å². The van der Waals surface area contributed by atoms with Gasteiger partial charge in [-0.3, -0.25) is 0 Å². The molecule has 14 heavy (non-hydrogen) atoms. The molecule has 0 fully saturated rings. The minimum atomic E-state index is -1.42. The summed E-state index contributed by atoms with van der Waals surface area (Å²) in [6.07, 6.45) is 0. The molecule has 0 radical (unpaired) electrons. The van der Waals surface area contributed by atoms with Crippen LogP contribution in [0.15, 0.2) is 17.5 Å². The number of rotatable bonds is 1. The van der Waals surface area contributed by atoms with Crippen LogP contribution in [-0.4, -0.2) is 17.2 Å². The molecular weight excluding hydrogens is 333 g/mol. The second-order valence-electron chi connectivity index (χ2n) is 2.83. The molecule has 1 aromatic heterocycles. The highest BCUT2D eigenvalue weighted by Gasteiger charge is 2.18. The molecule has 2 aromatic rings. The van der Waals surface area contributed by atoms with Gasteiger partial charge in [0.25, 0.3) is 0 Å². The van der Waals surface area contributed by atoms with E-state index in [9.17, 15) is 0 Å². The van der Waals surface area contributed by atoms with E-state index >= 15 is 0 Å². The molecule has 0 aliphatic heterocycles. The normalized spacial score (nSPS) is 10.9. The Labute approximate surface area is 104 Å². The smallest absolute Gasteiger partial charge is 0.423 e. The van der Waals surface area contributed by atoms with Gasteiger partial charge < -0.3 is 10.0 Å². The Bertz CT molecular complexity index is 485. The topological polar surface area (TPSA) is 40.5 Å². The Morgan fingerprint density at radius 1 is 1.36 bits per heavy atom. The lowest BCUT2D eigenvalue weighted by molar-refractivity contribution is 0.426. The molecule has 0 atom stereocenters. The molecule has 0 aliphatic rings. The zero-order chi connectivity index (χ0) is 10.3. The van der Waals surface area contributed by atoms with Crippen LogP contribution >= 0.6 is 45.5 Å². The quantitative estimate of drug-likeness (QED) is 0.615. The molecule has 1 heterocycles. The fraction of sp³-hybridized carbons (Fsp3) is 0. The number of fused-ring (bicyclic) bond motifs is 1. The number of hydrogen-bond acceptors (Lipinski definition) is 3. The van der Waals surface area contributed by atoms with Gasteiger partial charge in [0.1, 0.15) is 0 Å². The predicted octanol–water partition coefficient (Wildman–Crippen LogP) is 1.84. The van der Waals surface area contributed by atoms with Crippen molar-refractivity contribution in [2.24, 2.45) is 0 Å². The number of hydrogen-bond donors (Lipinski definition) is 2. The lowest BCUT2D eigenvalue weighted by atomic mass is 9.80. The van der Waals surface area contributed by atoms with Gasteiger partial charge >= 0.3 is 7.12 Å². The Kier molecular flexibility index (Phi) is 3.04. The van der Waals surface area contributed by atoms with Crippen LogP contribution in [-0.2, 0) is 0 Å². The lowest BCUT2D eigenvalue weighted by Crippen LogP contribution is -2.29. The van der Waals surface area contributed by atoms with Crippen LogP contribution < -0.4 is 5.46 Å². The van der Waals surface area contributed by atoms with Gasteiger partial charge in [-0.15, -0.1) is 11.3 Å². The van der Waals surface area contributed by atoms with Gasteiger partial charge in [0.2, 0.25) is 0 Å². The van der Waals surface area contributed by atoms with E-state index in [-0.39, 0.29) is 0 Å². The van der Waals surface area contributed by atoms with Crippen molar-refractivity contribution in [1.82, 2.24) is 0 Å². The fourth-order valence-electron chi connectivity index (χ4n) is 1.30. The maximum Gasteiger partial charge on any atom is 0.489 e. The summed E-state index contributed by atoms with van der Waals surface area (Å²) >= 11 is 9.49. The fourth-order valence-corrected chi connectivity index (χ4v) is 3.92. The number of benzene rings is 1. The van der Waals surface area contributed by atoms with Gasteiger partial charge in [0.15, 0.2) is 0 Å². The first-order valence-electron chi connectivity index (χ1n) is 3.82. The Balaban J connectivity index is 2.79.